The number of methoxy groups -OCH3 is 1. The van der Waals surface area contributed by atoms with Gasteiger partial charge in [-0.3, -0.25) is 4.79 Å². The summed E-state index contributed by atoms with van der Waals surface area (Å²) in [6.07, 6.45) is 4.80. The Labute approximate surface area is 196 Å². The molecule has 0 atom stereocenters. The van der Waals surface area contributed by atoms with E-state index >= 15 is 0 Å². The van der Waals surface area contributed by atoms with Crippen LogP contribution in [-0.2, 0) is 4.79 Å². The molecule has 0 saturated carbocycles. The molecular weight excluding hydrogens is 440 g/mol. The fourth-order valence-corrected chi connectivity index (χ4v) is 3.72. The van der Waals surface area contributed by atoms with E-state index in [2.05, 4.69) is 10.3 Å². The molecule has 0 fully saturated rings. The van der Waals surface area contributed by atoms with Crippen LogP contribution < -0.4 is 14.8 Å². The van der Waals surface area contributed by atoms with Gasteiger partial charge in [-0.15, -0.1) is 0 Å². The van der Waals surface area contributed by atoms with Crippen LogP contribution in [0.4, 0.5) is 5.69 Å². The molecule has 2 aromatic heterocycles. The third-order valence-electron chi connectivity index (χ3n) is 5.17. The maximum Gasteiger partial charge on any atom is 0.248 e. The fraction of sp³-hybridized carbons (Fsp3) is 0.154. The van der Waals surface area contributed by atoms with Gasteiger partial charge in [-0.25, -0.2) is 4.98 Å². The number of benzene rings is 2. The molecule has 0 aliphatic heterocycles. The van der Waals surface area contributed by atoms with E-state index in [1.54, 1.807) is 31.7 Å². The van der Waals surface area contributed by atoms with E-state index in [9.17, 15) is 4.79 Å². The van der Waals surface area contributed by atoms with Gasteiger partial charge < -0.3 is 19.2 Å². The van der Waals surface area contributed by atoms with Crippen LogP contribution in [0.2, 0.25) is 5.15 Å². The van der Waals surface area contributed by atoms with Crippen LogP contribution >= 0.6 is 11.6 Å². The molecule has 0 aliphatic rings. The average molecular weight is 463 g/mol. The molecule has 0 spiro atoms. The molecule has 168 valence electrons. The molecule has 4 rings (SSSR count). The minimum atomic E-state index is -0.312. The van der Waals surface area contributed by atoms with Crippen molar-refractivity contribution in [2.45, 2.75) is 13.8 Å². The van der Waals surface area contributed by atoms with Crippen LogP contribution in [0, 0.1) is 0 Å². The zero-order chi connectivity index (χ0) is 23.4. The van der Waals surface area contributed by atoms with Gasteiger partial charge in [0.2, 0.25) is 5.91 Å². The number of halogens is 1. The molecule has 1 N–H and O–H groups in total. The molecular formula is C26H23ClN2O4. The second-order valence-corrected chi connectivity index (χ2v) is 7.67. The molecule has 2 heterocycles. The summed E-state index contributed by atoms with van der Waals surface area (Å²) in [6, 6.07) is 15.0. The number of nitrogens with zero attached hydrogens (tertiary/aromatic N) is 1. The highest BCUT2D eigenvalue weighted by atomic mass is 35.5. The molecule has 33 heavy (non-hydrogen) atoms. The molecule has 0 radical (unpaired) electrons. The Bertz CT molecular complexity index is 1330. The van der Waals surface area contributed by atoms with E-state index in [0.29, 0.717) is 23.6 Å². The number of ether oxygens (including phenoxy) is 2. The van der Waals surface area contributed by atoms with Gasteiger partial charge in [0.25, 0.3) is 0 Å². The van der Waals surface area contributed by atoms with Crippen LogP contribution in [0.1, 0.15) is 19.4 Å². The number of nitrogens with one attached hydrogen (secondary N) is 1. The van der Waals surface area contributed by atoms with Crippen molar-refractivity contribution in [3.8, 4) is 22.6 Å². The van der Waals surface area contributed by atoms with Crippen molar-refractivity contribution in [3.63, 3.8) is 0 Å². The lowest BCUT2D eigenvalue weighted by Crippen LogP contribution is -2.09. The number of hydrogen-bond acceptors (Lipinski definition) is 5. The Balaban J connectivity index is 1.72. The van der Waals surface area contributed by atoms with Crippen molar-refractivity contribution >= 4 is 39.7 Å². The number of carbonyl (C=O) groups is 1. The summed E-state index contributed by atoms with van der Waals surface area (Å²) in [4.78, 5) is 16.6. The van der Waals surface area contributed by atoms with Crippen molar-refractivity contribution in [1.29, 1.82) is 0 Å². The Morgan fingerprint density at radius 3 is 2.70 bits per heavy atom. The first-order valence-corrected chi connectivity index (χ1v) is 10.8. The number of furan rings is 1. The zero-order valence-electron chi connectivity index (χ0n) is 18.5. The lowest BCUT2D eigenvalue weighted by atomic mass is 9.99. The highest BCUT2D eigenvalue weighted by Crippen LogP contribution is 2.38. The second-order valence-electron chi connectivity index (χ2n) is 7.31. The van der Waals surface area contributed by atoms with Crippen molar-refractivity contribution in [3.05, 3.63) is 77.8 Å². The maximum absolute atomic E-state index is 12.6. The van der Waals surface area contributed by atoms with Crippen molar-refractivity contribution in [2.24, 2.45) is 0 Å². The molecule has 0 saturated heterocycles. The Hall–Kier alpha value is -3.77. The third kappa shape index (κ3) is 4.86. The number of rotatable bonds is 7. The normalized spacial score (nSPS) is 11.5. The standard InChI is InChI=1S/C26H23ClN2O4/c1-4-32-23-14-24-20(21(15-33-24)17-7-9-18(31-3)10-8-17)13-19(23)16(2)12-25(30)29-22-6-5-11-28-26(22)27/h5-15H,4H2,1-3H3,(H,29,30)/b16-12+. The lowest BCUT2D eigenvalue weighted by molar-refractivity contribution is -0.111. The summed E-state index contributed by atoms with van der Waals surface area (Å²) in [6.45, 7) is 4.26. The summed E-state index contributed by atoms with van der Waals surface area (Å²) >= 11 is 6.05. The number of pyridine rings is 1. The van der Waals surface area contributed by atoms with Crippen LogP contribution in [0.5, 0.6) is 11.5 Å². The number of carbonyl (C=O) groups excluding carboxylic acids is 1. The molecule has 6 nitrogen and oxygen atoms in total. The zero-order valence-corrected chi connectivity index (χ0v) is 19.3. The van der Waals surface area contributed by atoms with Crippen molar-refractivity contribution in [2.75, 3.05) is 19.0 Å². The number of anilines is 1. The topological polar surface area (TPSA) is 73.6 Å². The minimum absolute atomic E-state index is 0.232. The van der Waals surface area contributed by atoms with Crippen LogP contribution in [0.3, 0.4) is 0 Å². The van der Waals surface area contributed by atoms with Gasteiger partial charge in [0.1, 0.15) is 17.1 Å². The smallest absolute Gasteiger partial charge is 0.248 e. The van der Waals surface area contributed by atoms with Gasteiger partial charge in [0.15, 0.2) is 5.15 Å². The highest BCUT2D eigenvalue weighted by molar-refractivity contribution is 6.32. The number of aromatic nitrogens is 1. The number of hydrogen-bond donors (Lipinski definition) is 1. The predicted octanol–water partition coefficient (Wildman–Crippen LogP) is 6.60. The van der Waals surface area contributed by atoms with Gasteiger partial charge in [-0.05, 0) is 55.3 Å². The van der Waals surface area contributed by atoms with Gasteiger partial charge in [0.05, 0.1) is 25.7 Å². The largest absolute Gasteiger partial charge is 0.497 e. The van der Waals surface area contributed by atoms with E-state index in [0.717, 1.165) is 33.4 Å². The molecule has 0 aliphatic carbocycles. The number of amides is 1. The Kier molecular flexibility index (Phi) is 6.66. The monoisotopic (exact) mass is 462 g/mol. The maximum atomic E-state index is 12.6. The van der Waals surface area contributed by atoms with Gasteiger partial charge in [-0.2, -0.15) is 0 Å². The average Bonchev–Trinajstić information content (AvgIpc) is 3.23. The molecule has 1 amide bonds. The number of allylic oxidation sites excluding steroid dienone is 1. The second kappa shape index (κ2) is 9.79. The molecule has 7 heteroatoms. The molecule has 0 unspecified atom stereocenters. The SMILES string of the molecule is CCOc1cc2occ(-c3ccc(OC)cc3)c2cc1/C(C)=C/C(=O)Nc1cccnc1Cl. The summed E-state index contributed by atoms with van der Waals surface area (Å²) in [5.41, 5.74) is 4.62. The highest BCUT2D eigenvalue weighted by Gasteiger charge is 2.16. The van der Waals surface area contributed by atoms with E-state index in [4.69, 9.17) is 25.5 Å². The van der Waals surface area contributed by atoms with Crippen molar-refractivity contribution < 1.29 is 18.7 Å². The van der Waals surface area contributed by atoms with Crippen LogP contribution in [0.15, 0.2) is 71.5 Å². The van der Waals surface area contributed by atoms with E-state index < -0.39 is 0 Å². The van der Waals surface area contributed by atoms with Gasteiger partial charge in [0, 0.05) is 34.9 Å². The number of fused-ring (bicyclic) bond motifs is 1. The van der Waals surface area contributed by atoms with E-state index in [1.165, 1.54) is 6.08 Å². The van der Waals surface area contributed by atoms with Gasteiger partial charge in [-0.1, -0.05) is 23.7 Å². The predicted molar refractivity (Wildman–Crippen MR) is 131 cm³/mol. The van der Waals surface area contributed by atoms with Crippen LogP contribution in [-0.4, -0.2) is 24.6 Å². The summed E-state index contributed by atoms with van der Waals surface area (Å²) < 4.78 is 16.9. The molecule has 2 aromatic carbocycles. The summed E-state index contributed by atoms with van der Waals surface area (Å²) in [5.74, 6) is 1.11. The fourth-order valence-electron chi connectivity index (χ4n) is 3.55. The summed E-state index contributed by atoms with van der Waals surface area (Å²) in [7, 11) is 1.64. The quantitative estimate of drug-likeness (QED) is 0.247. The van der Waals surface area contributed by atoms with E-state index in [1.807, 2.05) is 50.2 Å². The molecule has 4 aromatic rings. The Morgan fingerprint density at radius 1 is 1.21 bits per heavy atom. The molecule has 0 bridgehead atoms. The van der Waals surface area contributed by atoms with Crippen LogP contribution in [0.25, 0.3) is 27.7 Å². The first kappa shape index (κ1) is 22.4. The van der Waals surface area contributed by atoms with Crippen molar-refractivity contribution in [1.82, 2.24) is 4.98 Å². The first-order valence-electron chi connectivity index (χ1n) is 10.4. The Morgan fingerprint density at radius 2 is 2.00 bits per heavy atom. The van der Waals surface area contributed by atoms with E-state index in [-0.39, 0.29) is 11.1 Å². The first-order chi connectivity index (χ1) is 16.0. The lowest BCUT2D eigenvalue weighted by Gasteiger charge is -2.12. The summed E-state index contributed by atoms with van der Waals surface area (Å²) in [5, 5.41) is 3.91. The third-order valence-corrected chi connectivity index (χ3v) is 5.47. The van der Waals surface area contributed by atoms with Gasteiger partial charge >= 0.3 is 0 Å². The minimum Gasteiger partial charge on any atom is -0.497 e.